The summed E-state index contributed by atoms with van der Waals surface area (Å²) in [7, 11) is 0. The SMILES string of the molecule is C(=Cc1ccccc1)C[Se]CC=Cc1ccccc1. The zero-order valence-corrected chi connectivity index (χ0v) is 12.6. The van der Waals surface area contributed by atoms with Gasteiger partial charge in [0.05, 0.1) is 0 Å². The van der Waals surface area contributed by atoms with Gasteiger partial charge in [0, 0.05) is 0 Å². The fourth-order valence-electron chi connectivity index (χ4n) is 1.70. The number of benzene rings is 2. The quantitative estimate of drug-likeness (QED) is 0.522. The second-order valence-electron chi connectivity index (χ2n) is 4.16. The van der Waals surface area contributed by atoms with Crippen molar-refractivity contribution < 1.29 is 0 Å². The number of allylic oxidation sites excluding steroid dienone is 2. The van der Waals surface area contributed by atoms with Gasteiger partial charge in [0.25, 0.3) is 0 Å². The third kappa shape index (κ3) is 5.74. The van der Waals surface area contributed by atoms with Crippen LogP contribution in [0.4, 0.5) is 0 Å². The molecule has 19 heavy (non-hydrogen) atoms. The molecule has 0 aromatic heterocycles. The normalized spacial score (nSPS) is 11.4. The molecule has 0 unspecified atom stereocenters. The summed E-state index contributed by atoms with van der Waals surface area (Å²) >= 11 is 0.663. The summed E-state index contributed by atoms with van der Waals surface area (Å²) in [5, 5.41) is 2.39. The van der Waals surface area contributed by atoms with Crippen molar-refractivity contribution in [2.24, 2.45) is 0 Å². The molecule has 0 saturated heterocycles. The van der Waals surface area contributed by atoms with Crippen LogP contribution in [0.5, 0.6) is 0 Å². The van der Waals surface area contributed by atoms with Crippen LogP contribution >= 0.6 is 0 Å². The summed E-state index contributed by atoms with van der Waals surface area (Å²) in [6, 6.07) is 21.0. The molecule has 0 aliphatic rings. The first kappa shape index (κ1) is 13.9. The van der Waals surface area contributed by atoms with E-state index < -0.39 is 0 Å². The first-order valence-electron chi connectivity index (χ1n) is 6.46. The van der Waals surface area contributed by atoms with Crippen molar-refractivity contribution in [3.05, 3.63) is 83.9 Å². The van der Waals surface area contributed by atoms with Crippen molar-refractivity contribution in [3.63, 3.8) is 0 Å². The van der Waals surface area contributed by atoms with E-state index in [-0.39, 0.29) is 0 Å². The van der Waals surface area contributed by atoms with Gasteiger partial charge < -0.3 is 0 Å². The van der Waals surface area contributed by atoms with Crippen LogP contribution in [0.3, 0.4) is 0 Å². The molecule has 0 bridgehead atoms. The monoisotopic (exact) mass is 314 g/mol. The van der Waals surface area contributed by atoms with Crippen molar-refractivity contribution in [1.29, 1.82) is 0 Å². The summed E-state index contributed by atoms with van der Waals surface area (Å²) in [5.74, 6) is 0. The molecule has 0 aliphatic heterocycles. The van der Waals surface area contributed by atoms with Crippen LogP contribution in [0.15, 0.2) is 72.8 Å². The first-order valence-corrected chi connectivity index (χ1v) is 8.88. The van der Waals surface area contributed by atoms with Crippen LogP contribution < -0.4 is 0 Å². The van der Waals surface area contributed by atoms with E-state index in [2.05, 4.69) is 85.0 Å². The predicted octanol–water partition coefficient (Wildman–Crippen LogP) is 4.95. The molecule has 0 N–H and O–H groups in total. The first-order chi connectivity index (χ1) is 9.45. The molecule has 2 rings (SSSR count). The minimum atomic E-state index is 0.663. The summed E-state index contributed by atoms with van der Waals surface area (Å²) in [5.41, 5.74) is 2.58. The Labute approximate surface area is 122 Å². The molecule has 0 spiro atoms. The van der Waals surface area contributed by atoms with Gasteiger partial charge in [-0.25, -0.2) is 0 Å². The molecule has 1 heteroatoms. The van der Waals surface area contributed by atoms with Gasteiger partial charge in [-0.3, -0.25) is 0 Å². The van der Waals surface area contributed by atoms with Crippen molar-refractivity contribution in [3.8, 4) is 0 Å². The third-order valence-corrected chi connectivity index (χ3v) is 4.44. The van der Waals surface area contributed by atoms with Crippen molar-refractivity contribution >= 4 is 27.1 Å². The average molecular weight is 313 g/mol. The van der Waals surface area contributed by atoms with Crippen LogP contribution in [-0.4, -0.2) is 15.0 Å². The second kappa shape index (κ2) is 8.53. The Hall–Kier alpha value is -1.56. The maximum atomic E-state index is 2.28. The van der Waals surface area contributed by atoms with Crippen molar-refractivity contribution in [2.75, 3.05) is 0 Å². The van der Waals surface area contributed by atoms with E-state index in [1.54, 1.807) is 0 Å². The van der Waals surface area contributed by atoms with Crippen LogP contribution in [-0.2, 0) is 0 Å². The minimum absolute atomic E-state index is 0.663. The molecule has 2 aromatic carbocycles. The summed E-state index contributed by atoms with van der Waals surface area (Å²) in [4.78, 5) is 0. The number of hydrogen-bond donors (Lipinski definition) is 0. The topological polar surface area (TPSA) is 0 Å². The molecule has 96 valence electrons. The molecular formula is C18H18Se. The molecule has 0 radical (unpaired) electrons. The fourth-order valence-corrected chi connectivity index (χ4v) is 2.96. The standard InChI is InChI=1S/C18H18Se/c1-3-9-17(10-4-1)13-7-15-19-16-8-14-18-11-5-2-6-12-18/h1-14H,15-16H2. The molecule has 0 amide bonds. The van der Waals surface area contributed by atoms with E-state index in [0.29, 0.717) is 15.0 Å². The van der Waals surface area contributed by atoms with Gasteiger partial charge >= 0.3 is 122 Å². The Morgan fingerprint density at radius 2 is 1.05 bits per heavy atom. The van der Waals surface area contributed by atoms with Crippen molar-refractivity contribution in [2.45, 2.75) is 10.6 Å². The molecule has 2 aromatic rings. The summed E-state index contributed by atoms with van der Waals surface area (Å²) in [6.45, 7) is 0. The van der Waals surface area contributed by atoms with E-state index in [1.807, 2.05) is 0 Å². The fraction of sp³-hybridized carbons (Fsp3) is 0.111. The predicted molar refractivity (Wildman–Crippen MR) is 86.3 cm³/mol. The molecule has 0 fully saturated rings. The number of rotatable bonds is 6. The molecule has 0 heterocycles. The third-order valence-electron chi connectivity index (χ3n) is 2.65. The summed E-state index contributed by atoms with van der Waals surface area (Å²) in [6.07, 6.45) is 8.99. The Kier molecular flexibility index (Phi) is 6.22. The van der Waals surface area contributed by atoms with Gasteiger partial charge in [-0.05, 0) is 0 Å². The zero-order chi connectivity index (χ0) is 13.2. The van der Waals surface area contributed by atoms with Crippen LogP contribution in [0, 0.1) is 0 Å². The molecule has 0 atom stereocenters. The summed E-state index contributed by atoms with van der Waals surface area (Å²) < 4.78 is 0. The van der Waals surface area contributed by atoms with Crippen LogP contribution in [0.1, 0.15) is 11.1 Å². The molecular weight excluding hydrogens is 295 g/mol. The second-order valence-corrected chi connectivity index (χ2v) is 6.42. The van der Waals surface area contributed by atoms with Gasteiger partial charge in [0.15, 0.2) is 0 Å². The molecule has 0 aliphatic carbocycles. The van der Waals surface area contributed by atoms with E-state index in [9.17, 15) is 0 Å². The Bertz CT molecular complexity index is 462. The van der Waals surface area contributed by atoms with Gasteiger partial charge in [0.2, 0.25) is 0 Å². The van der Waals surface area contributed by atoms with Crippen molar-refractivity contribution in [1.82, 2.24) is 0 Å². The van der Waals surface area contributed by atoms with E-state index >= 15 is 0 Å². The molecule has 0 nitrogen and oxygen atoms in total. The molecule has 0 saturated carbocycles. The Morgan fingerprint density at radius 3 is 1.47 bits per heavy atom. The van der Waals surface area contributed by atoms with Gasteiger partial charge in [-0.1, -0.05) is 0 Å². The average Bonchev–Trinajstić information content (AvgIpc) is 2.48. The van der Waals surface area contributed by atoms with E-state index in [0.717, 1.165) is 0 Å². The Morgan fingerprint density at radius 1 is 0.632 bits per heavy atom. The van der Waals surface area contributed by atoms with Crippen LogP contribution in [0.25, 0.3) is 12.2 Å². The van der Waals surface area contributed by atoms with E-state index in [4.69, 9.17) is 0 Å². The zero-order valence-electron chi connectivity index (χ0n) is 10.9. The van der Waals surface area contributed by atoms with Gasteiger partial charge in [-0.2, -0.15) is 0 Å². The van der Waals surface area contributed by atoms with Gasteiger partial charge in [-0.15, -0.1) is 0 Å². The maximum absolute atomic E-state index is 2.28. The van der Waals surface area contributed by atoms with Gasteiger partial charge in [0.1, 0.15) is 0 Å². The Balaban J connectivity index is 1.65. The number of hydrogen-bond acceptors (Lipinski definition) is 0. The van der Waals surface area contributed by atoms with E-state index in [1.165, 1.54) is 21.8 Å². The van der Waals surface area contributed by atoms with Crippen LogP contribution in [0.2, 0.25) is 10.6 Å².